The number of nitrogens with one attached hydrogen (secondary N) is 1. The van der Waals surface area contributed by atoms with Crippen molar-refractivity contribution in [2.24, 2.45) is 11.8 Å². The summed E-state index contributed by atoms with van der Waals surface area (Å²) in [5.41, 5.74) is 1.23. The fourth-order valence-electron chi connectivity index (χ4n) is 3.55. The molecule has 25 heavy (non-hydrogen) atoms. The monoisotopic (exact) mass is 428 g/mol. The second-order valence-corrected chi connectivity index (χ2v) is 8.21. The molecular weight excluding hydrogens is 400 g/mol. The first-order valence-corrected chi connectivity index (χ1v) is 10.2. The second-order valence-electron chi connectivity index (χ2n) is 7.35. The number of nitrogens with zero attached hydrogens (tertiary/aromatic N) is 1. The Labute approximate surface area is 166 Å². The summed E-state index contributed by atoms with van der Waals surface area (Å²) >= 11 is 3.61. The zero-order chi connectivity index (χ0) is 16.9. The zero-order valence-electron chi connectivity index (χ0n) is 15.0. The summed E-state index contributed by atoms with van der Waals surface area (Å²) in [4.78, 5) is 15.0. The van der Waals surface area contributed by atoms with Gasteiger partial charge in [-0.1, -0.05) is 41.1 Å². The molecule has 1 aliphatic heterocycles. The van der Waals surface area contributed by atoms with Crippen molar-refractivity contribution in [1.29, 1.82) is 0 Å². The van der Waals surface area contributed by atoms with E-state index in [0.29, 0.717) is 11.9 Å². The maximum Gasteiger partial charge on any atom is 0.226 e. The number of benzene rings is 1. The first-order chi connectivity index (χ1) is 11.7. The van der Waals surface area contributed by atoms with Crippen molar-refractivity contribution >= 4 is 34.2 Å². The molecular formula is C20H30BrClN2O. The third-order valence-electron chi connectivity index (χ3n) is 5.46. The van der Waals surface area contributed by atoms with Crippen molar-refractivity contribution < 1.29 is 4.79 Å². The third-order valence-corrected chi connectivity index (χ3v) is 6.24. The molecule has 5 heteroatoms. The van der Waals surface area contributed by atoms with Crippen molar-refractivity contribution in [3.05, 3.63) is 34.3 Å². The highest BCUT2D eigenvalue weighted by molar-refractivity contribution is 9.10. The molecule has 1 unspecified atom stereocenters. The lowest BCUT2D eigenvalue weighted by molar-refractivity contribution is -0.136. The highest BCUT2D eigenvalue weighted by Crippen LogP contribution is 2.28. The maximum atomic E-state index is 12.9. The maximum absolute atomic E-state index is 12.9. The average molecular weight is 430 g/mol. The quantitative estimate of drug-likeness (QED) is 0.695. The van der Waals surface area contributed by atoms with Gasteiger partial charge in [0.1, 0.15) is 0 Å². The van der Waals surface area contributed by atoms with Crippen LogP contribution in [-0.4, -0.2) is 36.5 Å². The van der Waals surface area contributed by atoms with E-state index in [9.17, 15) is 4.79 Å². The summed E-state index contributed by atoms with van der Waals surface area (Å²) in [6, 6.07) is 8.86. The normalized spacial score (nSPS) is 19.4. The number of halogens is 2. The van der Waals surface area contributed by atoms with Crippen LogP contribution in [0.5, 0.6) is 0 Å². The van der Waals surface area contributed by atoms with Crippen LogP contribution >= 0.6 is 28.3 Å². The van der Waals surface area contributed by atoms with Crippen LogP contribution < -0.4 is 5.32 Å². The van der Waals surface area contributed by atoms with Crippen molar-refractivity contribution in [1.82, 2.24) is 10.2 Å². The van der Waals surface area contributed by atoms with E-state index >= 15 is 0 Å². The Balaban J connectivity index is 0.00000225. The van der Waals surface area contributed by atoms with Crippen LogP contribution in [0.15, 0.2) is 28.7 Å². The van der Waals surface area contributed by atoms with Gasteiger partial charge in [0.15, 0.2) is 0 Å². The molecule has 2 fully saturated rings. The van der Waals surface area contributed by atoms with Gasteiger partial charge in [-0.25, -0.2) is 0 Å². The lowest BCUT2D eigenvalue weighted by Crippen LogP contribution is -2.47. The van der Waals surface area contributed by atoms with Gasteiger partial charge in [0.2, 0.25) is 5.91 Å². The van der Waals surface area contributed by atoms with E-state index < -0.39 is 0 Å². The Hall–Kier alpha value is -0.580. The van der Waals surface area contributed by atoms with E-state index in [0.717, 1.165) is 49.2 Å². The van der Waals surface area contributed by atoms with Gasteiger partial charge in [0, 0.05) is 29.5 Å². The van der Waals surface area contributed by atoms with Gasteiger partial charge in [-0.05, 0) is 62.6 Å². The minimum Gasteiger partial charge on any atom is -0.342 e. The van der Waals surface area contributed by atoms with E-state index in [1.54, 1.807) is 0 Å². The van der Waals surface area contributed by atoms with Crippen molar-refractivity contribution in [2.45, 2.75) is 51.5 Å². The first-order valence-electron chi connectivity index (χ1n) is 9.43. The number of hydrogen-bond donors (Lipinski definition) is 1. The predicted molar refractivity (Wildman–Crippen MR) is 109 cm³/mol. The van der Waals surface area contributed by atoms with Crippen LogP contribution in [0, 0.1) is 11.8 Å². The highest BCUT2D eigenvalue weighted by atomic mass is 79.9. The molecule has 3 nitrogen and oxygen atoms in total. The van der Waals surface area contributed by atoms with Crippen LogP contribution in [0.4, 0.5) is 0 Å². The number of likely N-dealkylation sites (tertiary alicyclic amines) is 1. The molecule has 1 N–H and O–H groups in total. The summed E-state index contributed by atoms with van der Waals surface area (Å²) in [6.07, 6.45) is 6.74. The molecule has 1 heterocycles. The average Bonchev–Trinajstić information content (AvgIpc) is 3.44. The van der Waals surface area contributed by atoms with E-state index in [4.69, 9.17) is 0 Å². The van der Waals surface area contributed by atoms with E-state index in [-0.39, 0.29) is 18.3 Å². The Morgan fingerprint density at radius 3 is 2.52 bits per heavy atom. The molecule has 0 bridgehead atoms. The molecule has 140 valence electrons. The lowest BCUT2D eigenvalue weighted by Gasteiger charge is -2.34. The molecule has 1 atom stereocenters. The number of amides is 1. The van der Waals surface area contributed by atoms with Gasteiger partial charge < -0.3 is 10.2 Å². The Bertz CT molecular complexity index is 556. The molecule has 3 rings (SSSR count). The standard InChI is InChI=1S/C20H29BrN2O.ClH/c1-2-16(13-17-5-3-4-6-19(17)21)20(24)23-11-9-18(10-12-23)22-14-15-7-8-15;/h3-6,15-16,18,22H,2,7-14H2,1H3;1H. The summed E-state index contributed by atoms with van der Waals surface area (Å²) in [7, 11) is 0. The Kier molecular flexibility index (Phi) is 8.24. The van der Waals surface area contributed by atoms with Crippen molar-refractivity contribution in [3.8, 4) is 0 Å². The first kappa shape index (κ1) is 20.7. The summed E-state index contributed by atoms with van der Waals surface area (Å²) in [6.45, 7) is 5.13. The topological polar surface area (TPSA) is 32.3 Å². The molecule has 1 aliphatic carbocycles. The summed E-state index contributed by atoms with van der Waals surface area (Å²) < 4.78 is 1.11. The lowest BCUT2D eigenvalue weighted by atomic mass is 9.94. The summed E-state index contributed by atoms with van der Waals surface area (Å²) in [5, 5.41) is 3.69. The van der Waals surface area contributed by atoms with Crippen LogP contribution in [-0.2, 0) is 11.2 Å². The van der Waals surface area contributed by atoms with Crippen LogP contribution in [0.3, 0.4) is 0 Å². The van der Waals surface area contributed by atoms with Gasteiger partial charge >= 0.3 is 0 Å². The third kappa shape index (κ3) is 5.97. The highest BCUT2D eigenvalue weighted by Gasteiger charge is 2.29. The zero-order valence-corrected chi connectivity index (χ0v) is 17.4. The van der Waals surface area contributed by atoms with Gasteiger partial charge in [-0.3, -0.25) is 4.79 Å². The molecule has 1 aromatic rings. The minimum atomic E-state index is 0. The van der Waals surface area contributed by atoms with E-state index in [2.05, 4.69) is 45.2 Å². The summed E-state index contributed by atoms with van der Waals surface area (Å²) in [5.74, 6) is 1.37. The number of carbonyl (C=O) groups excluding carboxylic acids is 1. The molecule has 1 amide bonds. The fourth-order valence-corrected chi connectivity index (χ4v) is 4.00. The van der Waals surface area contributed by atoms with E-state index in [1.165, 1.54) is 24.9 Å². The van der Waals surface area contributed by atoms with Gasteiger partial charge in [-0.15, -0.1) is 12.4 Å². The molecule has 1 aromatic carbocycles. The van der Waals surface area contributed by atoms with Crippen LogP contribution in [0.25, 0.3) is 0 Å². The van der Waals surface area contributed by atoms with Crippen LogP contribution in [0.2, 0.25) is 0 Å². The number of hydrogen-bond acceptors (Lipinski definition) is 2. The predicted octanol–water partition coefficient (Wildman–Crippen LogP) is 4.43. The van der Waals surface area contributed by atoms with Crippen molar-refractivity contribution in [2.75, 3.05) is 19.6 Å². The fraction of sp³-hybridized carbons (Fsp3) is 0.650. The second kappa shape index (κ2) is 9.94. The Morgan fingerprint density at radius 1 is 1.24 bits per heavy atom. The largest absolute Gasteiger partial charge is 0.342 e. The van der Waals surface area contributed by atoms with Gasteiger partial charge in [0.05, 0.1) is 0 Å². The van der Waals surface area contributed by atoms with E-state index in [1.807, 2.05) is 12.1 Å². The number of piperidine rings is 1. The molecule has 1 saturated carbocycles. The van der Waals surface area contributed by atoms with Gasteiger partial charge in [0.25, 0.3) is 0 Å². The van der Waals surface area contributed by atoms with Crippen molar-refractivity contribution in [3.63, 3.8) is 0 Å². The molecule has 0 spiro atoms. The SMILES string of the molecule is CCC(Cc1ccccc1Br)C(=O)N1CCC(NCC2CC2)CC1.Cl. The molecule has 1 saturated heterocycles. The van der Waals surface area contributed by atoms with Gasteiger partial charge in [-0.2, -0.15) is 0 Å². The smallest absolute Gasteiger partial charge is 0.226 e. The van der Waals surface area contributed by atoms with Crippen LogP contribution in [0.1, 0.15) is 44.6 Å². The Morgan fingerprint density at radius 2 is 1.92 bits per heavy atom. The number of rotatable bonds is 7. The molecule has 2 aliphatic rings. The number of carbonyl (C=O) groups is 1. The molecule has 0 aromatic heterocycles. The minimum absolute atomic E-state index is 0. The molecule has 0 radical (unpaired) electrons.